The van der Waals surface area contributed by atoms with Crippen LogP contribution in [0.15, 0.2) is 48.5 Å². The molecule has 4 nitrogen and oxygen atoms in total. The quantitative estimate of drug-likeness (QED) is 0.639. The van der Waals surface area contributed by atoms with E-state index in [9.17, 15) is 0 Å². The summed E-state index contributed by atoms with van der Waals surface area (Å²) in [5, 5.41) is 8.59. The van der Waals surface area contributed by atoms with E-state index in [2.05, 4.69) is 39.9 Å². The van der Waals surface area contributed by atoms with Crippen molar-refractivity contribution in [1.29, 1.82) is 0 Å². The van der Waals surface area contributed by atoms with Gasteiger partial charge in [-0.15, -0.1) is 0 Å². The molecular formula is C19H19N3OS. The van der Waals surface area contributed by atoms with Crippen LogP contribution in [0.4, 0.5) is 5.69 Å². The van der Waals surface area contributed by atoms with Gasteiger partial charge in [0.2, 0.25) is 0 Å². The summed E-state index contributed by atoms with van der Waals surface area (Å²) in [4.78, 5) is 3.52. The van der Waals surface area contributed by atoms with E-state index >= 15 is 0 Å². The molecule has 1 atom stereocenters. The number of methoxy groups -OCH3 is 1. The highest BCUT2D eigenvalue weighted by molar-refractivity contribution is 7.80. The molecular weight excluding hydrogens is 318 g/mol. The molecule has 0 amide bonds. The Morgan fingerprint density at radius 3 is 2.79 bits per heavy atom. The van der Waals surface area contributed by atoms with Crippen LogP contribution in [0.5, 0.6) is 5.75 Å². The molecule has 0 spiro atoms. The summed E-state index contributed by atoms with van der Waals surface area (Å²) in [5.41, 5.74) is 4.81. The minimum atomic E-state index is 0.311. The second-order valence-corrected chi connectivity index (χ2v) is 6.44. The second kappa shape index (κ2) is 6.17. The molecule has 1 unspecified atom stereocenters. The third kappa shape index (κ3) is 2.71. The maximum atomic E-state index is 5.47. The topological polar surface area (TPSA) is 49.1 Å². The first-order chi connectivity index (χ1) is 11.7. The third-order valence-electron chi connectivity index (χ3n) is 4.49. The lowest BCUT2D eigenvalue weighted by Crippen LogP contribution is -2.38. The molecule has 0 radical (unpaired) electrons. The molecule has 0 saturated carbocycles. The summed E-state index contributed by atoms with van der Waals surface area (Å²) in [7, 11) is 1.66. The number of anilines is 1. The van der Waals surface area contributed by atoms with E-state index in [1.54, 1.807) is 7.11 Å². The van der Waals surface area contributed by atoms with E-state index in [-0.39, 0.29) is 0 Å². The van der Waals surface area contributed by atoms with Gasteiger partial charge in [-0.2, -0.15) is 0 Å². The minimum Gasteiger partial charge on any atom is -0.495 e. The van der Waals surface area contributed by atoms with Gasteiger partial charge in [0.1, 0.15) is 5.75 Å². The van der Waals surface area contributed by atoms with E-state index in [4.69, 9.17) is 17.0 Å². The molecule has 0 aliphatic heterocycles. The molecule has 1 aliphatic rings. The molecule has 2 aromatic carbocycles. The van der Waals surface area contributed by atoms with Crippen LogP contribution < -0.4 is 15.4 Å². The maximum absolute atomic E-state index is 5.47. The monoisotopic (exact) mass is 337 g/mol. The van der Waals surface area contributed by atoms with Crippen LogP contribution in [0.2, 0.25) is 0 Å². The Bertz CT molecular complexity index is 903. The molecule has 1 heterocycles. The number of rotatable bonds is 3. The second-order valence-electron chi connectivity index (χ2n) is 6.03. The van der Waals surface area contributed by atoms with Crippen LogP contribution in [-0.2, 0) is 12.8 Å². The molecule has 3 N–H and O–H groups in total. The SMILES string of the molecule is COc1ccccc1NC(=S)NC1Cc2[nH]c3ccccc3c2C1. The van der Waals surface area contributed by atoms with Crippen LogP contribution in [0.25, 0.3) is 10.9 Å². The number of hydrogen-bond donors (Lipinski definition) is 3. The lowest BCUT2D eigenvalue weighted by Gasteiger charge is -2.17. The first-order valence-electron chi connectivity index (χ1n) is 8.03. The number of benzene rings is 2. The lowest BCUT2D eigenvalue weighted by molar-refractivity contribution is 0.417. The predicted molar refractivity (Wildman–Crippen MR) is 102 cm³/mol. The Morgan fingerprint density at radius 2 is 1.92 bits per heavy atom. The van der Waals surface area contributed by atoms with Gasteiger partial charge < -0.3 is 20.4 Å². The summed E-state index contributed by atoms with van der Waals surface area (Å²) in [6.45, 7) is 0. The van der Waals surface area contributed by atoms with E-state index in [1.165, 1.54) is 22.2 Å². The fourth-order valence-electron chi connectivity index (χ4n) is 3.42. The smallest absolute Gasteiger partial charge is 0.171 e. The Kier molecular flexibility index (Phi) is 3.86. The van der Waals surface area contributed by atoms with Crippen molar-refractivity contribution in [3.63, 3.8) is 0 Å². The molecule has 0 fully saturated rings. The number of hydrogen-bond acceptors (Lipinski definition) is 2. The van der Waals surface area contributed by atoms with Crippen molar-refractivity contribution in [3.05, 3.63) is 59.8 Å². The summed E-state index contributed by atoms with van der Waals surface area (Å²) in [6, 6.07) is 16.5. The summed E-state index contributed by atoms with van der Waals surface area (Å²) < 4.78 is 5.35. The van der Waals surface area contributed by atoms with Crippen molar-refractivity contribution >= 4 is 33.9 Å². The lowest BCUT2D eigenvalue weighted by atomic mass is 10.1. The standard InChI is InChI=1S/C19H19N3OS/c1-23-18-9-5-4-8-16(18)22-19(24)20-12-10-14-13-6-2-3-7-15(13)21-17(14)11-12/h2-9,12,21H,10-11H2,1H3,(H2,20,22,24). The number of ether oxygens (including phenoxy) is 1. The van der Waals surface area contributed by atoms with Gasteiger partial charge in [0.15, 0.2) is 5.11 Å². The predicted octanol–water partition coefficient (Wildman–Crippen LogP) is 3.63. The van der Waals surface area contributed by atoms with Crippen LogP contribution >= 0.6 is 12.2 Å². The van der Waals surface area contributed by atoms with Gasteiger partial charge >= 0.3 is 0 Å². The number of nitrogens with one attached hydrogen (secondary N) is 3. The highest BCUT2D eigenvalue weighted by Gasteiger charge is 2.25. The number of thiocarbonyl (C=S) groups is 1. The van der Waals surface area contributed by atoms with Crippen LogP contribution in [0, 0.1) is 0 Å². The Labute approximate surface area is 146 Å². The molecule has 1 aromatic heterocycles. The van der Waals surface area contributed by atoms with Gasteiger partial charge in [-0.3, -0.25) is 0 Å². The number of aromatic amines is 1. The Balaban J connectivity index is 1.44. The normalized spacial score (nSPS) is 16.0. The summed E-state index contributed by atoms with van der Waals surface area (Å²) >= 11 is 5.47. The molecule has 4 rings (SSSR count). The van der Waals surface area contributed by atoms with E-state index in [1.807, 2.05) is 24.3 Å². The van der Waals surface area contributed by atoms with Crippen molar-refractivity contribution in [2.75, 3.05) is 12.4 Å². The molecule has 122 valence electrons. The van der Waals surface area contributed by atoms with Gasteiger partial charge in [0, 0.05) is 29.1 Å². The van der Waals surface area contributed by atoms with Crippen LogP contribution in [0.3, 0.4) is 0 Å². The van der Waals surface area contributed by atoms with E-state index in [0.29, 0.717) is 11.2 Å². The van der Waals surface area contributed by atoms with Gasteiger partial charge in [-0.25, -0.2) is 0 Å². The Hall–Kier alpha value is -2.53. The number of aromatic nitrogens is 1. The zero-order valence-electron chi connectivity index (χ0n) is 13.4. The zero-order chi connectivity index (χ0) is 16.5. The van der Waals surface area contributed by atoms with Crippen molar-refractivity contribution in [1.82, 2.24) is 10.3 Å². The van der Waals surface area contributed by atoms with Crippen LogP contribution in [0.1, 0.15) is 11.3 Å². The third-order valence-corrected chi connectivity index (χ3v) is 4.71. The van der Waals surface area contributed by atoms with Gasteiger partial charge in [-0.1, -0.05) is 30.3 Å². The molecule has 0 saturated heterocycles. The molecule has 5 heteroatoms. The zero-order valence-corrected chi connectivity index (χ0v) is 14.2. The van der Waals surface area contributed by atoms with Crippen molar-refractivity contribution in [2.24, 2.45) is 0 Å². The summed E-state index contributed by atoms with van der Waals surface area (Å²) in [5.74, 6) is 0.782. The Morgan fingerprint density at radius 1 is 1.12 bits per heavy atom. The van der Waals surface area contributed by atoms with Crippen molar-refractivity contribution < 1.29 is 4.74 Å². The van der Waals surface area contributed by atoms with Gasteiger partial charge in [0.25, 0.3) is 0 Å². The minimum absolute atomic E-state index is 0.311. The molecule has 24 heavy (non-hydrogen) atoms. The fraction of sp³-hybridized carbons (Fsp3) is 0.211. The average Bonchev–Trinajstić information content (AvgIpc) is 3.12. The van der Waals surface area contributed by atoms with E-state index in [0.717, 1.165) is 24.3 Å². The number of para-hydroxylation sites is 3. The molecule has 1 aliphatic carbocycles. The number of fused-ring (bicyclic) bond motifs is 3. The summed E-state index contributed by atoms with van der Waals surface area (Å²) in [6.07, 6.45) is 1.94. The van der Waals surface area contributed by atoms with Crippen LogP contribution in [-0.4, -0.2) is 23.2 Å². The average molecular weight is 337 g/mol. The van der Waals surface area contributed by atoms with Crippen molar-refractivity contribution in [2.45, 2.75) is 18.9 Å². The highest BCUT2D eigenvalue weighted by atomic mass is 32.1. The fourth-order valence-corrected chi connectivity index (χ4v) is 3.70. The molecule has 0 bridgehead atoms. The maximum Gasteiger partial charge on any atom is 0.171 e. The highest BCUT2D eigenvalue weighted by Crippen LogP contribution is 2.30. The van der Waals surface area contributed by atoms with Crippen molar-refractivity contribution in [3.8, 4) is 5.75 Å². The van der Waals surface area contributed by atoms with Gasteiger partial charge in [0.05, 0.1) is 12.8 Å². The number of H-pyrrole nitrogens is 1. The van der Waals surface area contributed by atoms with E-state index < -0.39 is 0 Å². The first-order valence-corrected chi connectivity index (χ1v) is 8.44. The largest absolute Gasteiger partial charge is 0.495 e. The molecule has 3 aromatic rings. The van der Waals surface area contributed by atoms with Gasteiger partial charge in [-0.05, 0) is 42.4 Å². The first kappa shape index (κ1) is 15.0.